The van der Waals surface area contributed by atoms with Crippen molar-refractivity contribution in [1.29, 1.82) is 0 Å². The molecule has 0 aliphatic heterocycles. The molecule has 0 atom stereocenters. The van der Waals surface area contributed by atoms with E-state index in [0.717, 1.165) is 25.0 Å². The van der Waals surface area contributed by atoms with Gasteiger partial charge in [-0.15, -0.1) is 0 Å². The molecule has 2 aromatic heterocycles. The summed E-state index contributed by atoms with van der Waals surface area (Å²) in [6.45, 7) is 1.57. The van der Waals surface area contributed by atoms with Crippen LogP contribution in [0.25, 0.3) is 10.9 Å². The normalized spacial score (nSPS) is 10.8. The van der Waals surface area contributed by atoms with Gasteiger partial charge in [0.15, 0.2) is 0 Å². The number of hydrogen-bond acceptors (Lipinski definition) is 4. The number of anilines is 1. The summed E-state index contributed by atoms with van der Waals surface area (Å²) in [6, 6.07) is 6.40. The Hall–Kier alpha value is -2.50. The maximum Gasteiger partial charge on any atom is 0.137 e. The van der Waals surface area contributed by atoms with Crippen LogP contribution in [0, 0.1) is 5.82 Å². The largest absolute Gasteiger partial charge is 0.369 e. The smallest absolute Gasteiger partial charge is 0.137 e. The van der Waals surface area contributed by atoms with Gasteiger partial charge in [0, 0.05) is 30.9 Å². The number of aromatic nitrogens is 4. The molecule has 0 bridgehead atoms. The van der Waals surface area contributed by atoms with Crippen molar-refractivity contribution in [2.75, 3.05) is 11.9 Å². The molecule has 0 amide bonds. The van der Waals surface area contributed by atoms with E-state index in [9.17, 15) is 4.39 Å². The minimum absolute atomic E-state index is 0.285. The minimum Gasteiger partial charge on any atom is -0.369 e. The van der Waals surface area contributed by atoms with E-state index in [1.807, 2.05) is 16.9 Å². The summed E-state index contributed by atoms with van der Waals surface area (Å²) in [5.74, 6) is 0.377. The molecule has 0 radical (unpaired) electrons. The molecule has 20 heavy (non-hydrogen) atoms. The zero-order valence-electron chi connectivity index (χ0n) is 10.8. The van der Waals surface area contributed by atoms with Gasteiger partial charge in [0.1, 0.15) is 18.0 Å². The summed E-state index contributed by atoms with van der Waals surface area (Å²) < 4.78 is 15.2. The third-order valence-electron chi connectivity index (χ3n) is 3.01. The summed E-state index contributed by atoms with van der Waals surface area (Å²) in [4.78, 5) is 8.29. The molecule has 6 heteroatoms. The fourth-order valence-electron chi connectivity index (χ4n) is 2.05. The third kappa shape index (κ3) is 2.74. The van der Waals surface area contributed by atoms with Crippen LogP contribution in [0.2, 0.25) is 0 Å². The van der Waals surface area contributed by atoms with Crippen molar-refractivity contribution in [3.05, 3.63) is 48.8 Å². The van der Waals surface area contributed by atoms with Gasteiger partial charge in [-0.1, -0.05) is 0 Å². The SMILES string of the molecule is Fc1ccc2ncnc(NCCCn3cccn3)c2c1. The molecule has 102 valence electrons. The van der Waals surface area contributed by atoms with E-state index in [2.05, 4.69) is 20.4 Å². The Morgan fingerprint density at radius 1 is 1.25 bits per heavy atom. The summed E-state index contributed by atoms with van der Waals surface area (Å²) >= 11 is 0. The van der Waals surface area contributed by atoms with Crippen LogP contribution < -0.4 is 5.32 Å². The van der Waals surface area contributed by atoms with E-state index in [-0.39, 0.29) is 5.82 Å². The molecule has 1 N–H and O–H groups in total. The van der Waals surface area contributed by atoms with Crippen molar-refractivity contribution in [3.63, 3.8) is 0 Å². The molecule has 0 aliphatic carbocycles. The average molecular weight is 271 g/mol. The first-order chi connectivity index (χ1) is 9.83. The molecule has 5 nitrogen and oxygen atoms in total. The van der Waals surface area contributed by atoms with Crippen LogP contribution in [0.15, 0.2) is 43.0 Å². The van der Waals surface area contributed by atoms with E-state index >= 15 is 0 Å². The van der Waals surface area contributed by atoms with Crippen LogP contribution in [0.5, 0.6) is 0 Å². The second-order valence-electron chi connectivity index (χ2n) is 4.43. The van der Waals surface area contributed by atoms with Gasteiger partial charge in [-0.2, -0.15) is 5.10 Å². The Morgan fingerprint density at radius 2 is 2.20 bits per heavy atom. The van der Waals surface area contributed by atoms with E-state index < -0.39 is 0 Å². The highest BCUT2D eigenvalue weighted by molar-refractivity contribution is 5.88. The second kappa shape index (κ2) is 5.64. The number of nitrogens with one attached hydrogen (secondary N) is 1. The average Bonchev–Trinajstić information content (AvgIpc) is 2.97. The number of hydrogen-bond donors (Lipinski definition) is 1. The number of nitrogens with zero attached hydrogens (tertiary/aromatic N) is 4. The summed E-state index contributed by atoms with van der Waals surface area (Å²) in [5, 5.41) is 8.05. The predicted octanol–water partition coefficient (Wildman–Crippen LogP) is 2.47. The Labute approximate surface area is 115 Å². The van der Waals surface area contributed by atoms with Crippen LogP contribution in [-0.2, 0) is 6.54 Å². The van der Waals surface area contributed by atoms with Crippen molar-refractivity contribution < 1.29 is 4.39 Å². The first-order valence-corrected chi connectivity index (χ1v) is 6.44. The standard InChI is InChI=1S/C14H14FN5/c15-11-3-4-13-12(9-11)14(18-10-17-13)16-5-1-7-20-8-2-6-19-20/h2-4,6,8-10H,1,5,7H2,(H,16,17,18). The number of halogens is 1. The van der Waals surface area contributed by atoms with Gasteiger partial charge >= 0.3 is 0 Å². The minimum atomic E-state index is -0.285. The molecule has 2 heterocycles. The second-order valence-corrected chi connectivity index (χ2v) is 4.43. The number of aryl methyl sites for hydroxylation is 1. The zero-order valence-corrected chi connectivity index (χ0v) is 10.8. The lowest BCUT2D eigenvalue weighted by atomic mass is 10.2. The summed E-state index contributed by atoms with van der Waals surface area (Å²) in [6.07, 6.45) is 6.07. The molecule has 0 saturated carbocycles. The monoisotopic (exact) mass is 271 g/mol. The highest BCUT2D eigenvalue weighted by Gasteiger charge is 2.04. The number of rotatable bonds is 5. The Kier molecular flexibility index (Phi) is 3.54. The molecule has 0 aliphatic rings. The fraction of sp³-hybridized carbons (Fsp3) is 0.214. The maximum atomic E-state index is 13.3. The Morgan fingerprint density at radius 3 is 3.05 bits per heavy atom. The number of benzene rings is 1. The highest BCUT2D eigenvalue weighted by atomic mass is 19.1. The Balaban J connectivity index is 1.66. The molecular formula is C14H14FN5. The molecule has 0 saturated heterocycles. The third-order valence-corrected chi connectivity index (χ3v) is 3.01. The van der Waals surface area contributed by atoms with Crippen LogP contribution >= 0.6 is 0 Å². The summed E-state index contributed by atoms with van der Waals surface area (Å²) in [5.41, 5.74) is 0.732. The van der Waals surface area contributed by atoms with Crippen LogP contribution in [-0.4, -0.2) is 26.3 Å². The lowest BCUT2D eigenvalue weighted by molar-refractivity contribution is 0.591. The van der Waals surface area contributed by atoms with E-state index in [4.69, 9.17) is 0 Å². The quantitative estimate of drug-likeness (QED) is 0.724. The summed E-state index contributed by atoms with van der Waals surface area (Å²) in [7, 11) is 0. The van der Waals surface area contributed by atoms with Gasteiger partial charge in [-0.25, -0.2) is 14.4 Å². The lowest BCUT2D eigenvalue weighted by Crippen LogP contribution is -2.08. The van der Waals surface area contributed by atoms with Crippen LogP contribution in [0.1, 0.15) is 6.42 Å². The van der Waals surface area contributed by atoms with Gasteiger partial charge in [-0.05, 0) is 30.7 Å². The number of fused-ring (bicyclic) bond motifs is 1. The van der Waals surface area contributed by atoms with Crippen LogP contribution in [0.4, 0.5) is 10.2 Å². The van der Waals surface area contributed by atoms with E-state index in [0.29, 0.717) is 11.2 Å². The van der Waals surface area contributed by atoms with Gasteiger partial charge in [0.25, 0.3) is 0 Å². The van der Waals surface area contributed by atoms with Crippen LogP contribution in [0.3, 0.4) is 0 Å². The molecule has 0 unspecified atom stereocenters. The molecule has 3 rings (SSSR count). The first kappa shape index (κ1) is 12.5. The lowest BCUT2D eigenvalue weighted by Gasteiger charge is -2.08. The molecule has 3 aromatic rings. The van der Waals surface area contributed by atoms with Crippen molar-refractivity contribution in [2.24, 2.45) is 0 Å². The predicted molar refractivity (Wildman–Crippen MR) is 74.8 cm³/mol. The maximum absolute atomic E-state index is 13.3. The highest BCUT2D eigenvalue weighted by Crippen LogP contribution is 2.19. The molecular weight excluding hydrogens is 257 g/mol. The fourth-order valence-corrected chi connectivity index (χ4v) is 2.05. The first-order valence-electron chi connectivity index (χ1n) is 6.44. The van der Waals surface area contributed by atoms with Gasteiger partial charge in [0.2, 0.25) is 0 Å². The zero-order chi connectivity index (χ0) is 13.8. The van der Waals surface area contributed by atoms with Crippen molar-refractivity contribution >= 4 is 16.7 Å². The topological polar surface area (TPSA) is 55.6 Å². The van der Waals surface area contributed by atoms with Crippen molar-refractivity contribution in [2.45, 2.75) is 13.0 Å². The van der Waals surface area contributed by atoms with E-state index in [1.54, 1.807) is 12.3 Å². The van der Waals surface area contributed by atoms with E-state index in [1.165, 1.54) is 18.5 Å². The van der Waals surface area contributed by atoms with Crippen molar-refractivity contribution in [1.82, 2.24) is 19.7 Å². The van der Waals surface area contributed by atoms with Crippen molar-refractivity contribution in [3.8, 4) is 0 Å². The Bertz CT molecular complexity index is 696. The molecule has 0 spiro atoms. The molecule has 1 aromatic carbocycles. The van der Waals surface area contributed by atoms with Gasteiger partial charge < -0.3 is 5.32 Å². The molecule has 0 fully saturated rings. The van der Waals surface area contributed by atoms with Gasteiger partial charge in [0.05, 0.1) is 5.52 Å². The van der Waals surface area contributed by atoms with Gasteiger partial charge in [-0.3, -0.25) is 4.68 Å².